The van der Waals surface area contributed by atoms with E-state index in [9.17, 15) is 8.42 Å². The monoisotopic (exact) mass is 562 g/mol. The Bertz CT molecular complexity index is 570. The second-order valence-electron chi connectivity index (χ2n) is 7.50. The molecule has 0 bridgehead atoms. The van der Waals surface area contributed by atoms with Gasteiger partial charge in [-0.05, 0) is 51.2 Å². The predicted octanol–water partition coefficient (Wildman–Crippen LogP) is 2.71. The quantitative estimate of drug-likeness (QED) is 0.216. The van der Waals surface area contributed by atoms with Gasteiger partial charge in [0.05, 0.1) is 18.4 Å². The average Bonchev–Trinajstić information content (AvgIpc) is 2.68. The number of nitrogens with zero attached hydrogens (tertiary/aromatic N) is 1. The highest BCUT2D eigenvalue weighted by atomic mass is 127. The summed E-state index contributed by atoms with van der Waals surface area (Å²) >= 11 is 2.04. The van der Waals surface area contributed by atoms with Gasteiger partial charge in [0.1, 0.15) is 0 Å². The molecule has 3 atom stereocenters. The van der Waals surface area contributed by atoms with E-state index >= 15 is 0 Å². The number of halogens is 1. The normalized spacial score (nSPS) is 25.9. The van der Waals surface area contributed by atoms with E-state index in [0.717, 1.165) is 57.0 Å². The van der Waals surface area contributed by atoms with Crippen molar-refractivity contribution in [1.82, 2.24) is 15.4 Å². The Kier molecular flexibility index (Phi) is 14.2. The topological polar surface area (TPSA) is 91.8 Å². The van der Waals surface area contributed by atoms with Crippen LogP contribution in [0.3, 0.4) is 0 Å². The van der Waals surface area contributed by atoms with Gasteiger partial charge >= 0.3 is 0 Å². The van der Waals surface area contributed by atoms with E-state index in [1.54, 1.807) is 0 Å². The maximum Gasteiger partial charge on any atom is 0.213 e. The van der Waals surface area contributed by atoms with Crippen molar-refractivity contribution in [3.8, 4) is 0 Å². The van der Waals surface area contributed by atoms with Gasteiger partial charge in [-0.25, -0.2) is 13.1 Å². The molecule has 172 valence electrons. The summed E-state index contributed by atoms with van der Waals surface area (Å²) in [6.07, 6.45) is 7.91. The van der Waals surface area contributed by atoms with Crippen LogP contribution in [0.1, 0.15) is 58.8 Å². The Morgan fingerprint density at radius 1 is 1.17 bits per heavy atom. The minimum Gasteiger partial charge on any atom is -0.377 e. The lowest BCUT2D eigenvalue weighted by molar-refractivity contribution is 0.0200. The van der Waals surface area contributed by atoms with E-state index in [1.165, 1.54) is 12.8 Å². The summed E-state index contributed by atoms with van der Waals surface area (Å²) in [4.78, 5) is 4.50. The summed E-state index contributed by atoms with van der Waals surface area (Å²) < 4.78 is 32.7. The second-order valence-corrected chi connectivity index (χ2v) is 11.0. The molecule has 3 unspecified atom stereocenters. The van der Waals surface area contributed by atoms with E-state index in [2.05, 4.69) is 27.3 Å². The van der Waals surface area contributed by atoms with Crippen molar-refractivity contribution in [2.75, 3.05) is 37.7 Å². The first kappa shape index (κ1) is 27.3. The fraction of sp³-hybridized carbons (Fsp3) is 0.947. The van der Waals surface area contributed by atoms with Crippen LogP contribution >= 0.6 is 35.7 Å². The standard InChI is InChI=1S/C19H38N4O3S2.HI/c1-3-20-19(23-16-8-7-10-18(14-16)27-4-2)21-11-13-28(24,25)22-15-17-9-5-6-12-26-17;/h16-18,22H,3-15H2,1-2H3,(H2,20,21,23);1H. The highest BCUT2D eigenvalue weighted by Gasteiger charge is 2.22. The number of hydrogen-bond donors (Lipinski definition) is 3. The number of rotatable bonds is 10. The zero-order valence-electron chi connectivity index (χ0n) is 17.8. The first-order chi connectivity index (χ1) is 13.5. The van der Waals surface area contributed by atoms with Gasteiger partial charge in [-0.2, -0.15) is 11.8 Å². The van der Waals surface area contributed by atoms with E-state index in [0.29, 0.717) is 17.8 Å². The molecule has 1 aliphatic heterocycles. The fourth-order valence-electron chi connectivity index (χ4n) is 3.71. The van der Waals surface area contributed by atoms with Crippen LogP contribution < -0.4 is 15.4 Å². The van der Waals surface area contributed by atoms with Gasteiger partial charge in [-0.1, -0.05) is 13.3 Å². The van der Waals surface area contributed by atoms with Crippen LogP contribution in [0.2, 0.25) is 0 Å². The minimum absolute atomic E-state index is 0. The summed E-state index contributed by atoms with van der Waals surface area (Å²) in [6.45, 7) is 6.33. The number of nitrogens with one attached hydrogen (secondary N) is 3. The lowest BCUT2D eigenvalue weighted by Gasteiger charge is -2.30. The van der Waals surface area contributed by atoms with E-state index < -0.39 is 10.0 Å². The summed E-state index contributed by atoms with van der Waals surface area (Å²) in [6, 6.07) is 0.411. The van der Waals surface area contributed by atoms with E-state index in [1.807, 2.05) is 18.7 Å². The molecule has 0 aromatic rings. The Hall–Kier alpha value is 0.220. The first-order valence-electron chi connectivity index (χ1n) is 10.8. The third-order valence-corrected chi connectivity index (χ3v) is 7.71. The van der Waals surface area contributed by atoms with Gasteiger partial charge in [0.2, 0.25) is 10.0 Å². The number of thioether (sulfide) groups is 1. The van der Waals surface area contributed by atoms with Crippen molar-refractivity contribution in [1.29, 1.82) is 0 Å². The van der Waals surface area contributed by atoms with Crippen LogP contribution in [0.5, 0.6) is 0 Å². The average molecular weight is 563 g/mol. The molecule has 1 heterocycles. The van der Waals surface area contributed by atoms with E-state index in [4.69, 9.17) is 4.74 Å². The summed E-state index contributed by atoms with van der Waals surface area (Å²) in [5, 5.41) is 7.46. The molecule has 1 saturated heterocycles. The molecule has 0 spiro atoms. The highest BCUT2D eigenvalue weighted by Crippen LogP contribution is 2.28. The molecule has 10 heteroatoms. The predicted molar refractivity (Wildman–Crippen MR) is 134 cm³/mol. The number of ether oxygens (including phenoxy) is 1. The maximum absolute atomic E-state index is 12.2. The number of hydrogen-bond acceptors (Lipinski definition) is 5. The van der Waals surface area contributed by atoms with Crippen LogP contribution in [0.4, 0.5) is 0 Å². The molecule has 1 aliphatic carbocycles. The lowest BCUT2D eigenvalue weighted by atomic mass is 9.95. The number of guanidine groups is 1. The molecule has 2 fully saturated rings. The third kappa shape index (κ3) is 11.4. The van der Waals surface area contributed by atoms with Gasteiger partial charge in [0, 0.05) is 31.0 Å². The summed E-state index contributed by atoms with van der Waals surface area (Å²) in [5.74, 6) is 1.87. The largest absolute Gasteiger partial charge is 0.377 e. The molecule has 2 rings (SSSR count). The van der Waals surface area contributed by atoms with Crippen LogP contribution in [0.15, 0.2) is 4.99 Å². The SMILES string of the molecule is CCNC(=NCCS(=O)(=O)NCC1CCCCO1)NC1CCCC(SCC)C1.I. The molecule has 0 aromatic heterocycles. The van der Waals surface area contributed by atoms with E-state index in [-0.39, 0.29) is 42.4 Å². The molecule has 0 radical (unpaired) electrons. The lowest BCUT2D eigenvalue weighted by Crippen LogP contribution is -2.46. The van der Waals surface area contributed by atoms with Crippen molar-refractivity contribution in [2.24, 2.45) is 4.99 Å². The van der Waals surface area contributed by atoms with Gasteiger partial charge in [0.15, 0.2) is 5.96 Å². The van der Waals surface area contributed by atoms with Crippen LogP contribution in [0.25, 0.3) is 0 Å². The molecule has 29 heavy (non-hydrogen) atoms. The highest BCUT2D eigenvalue weighted by molar-refractivity contribution is 14.0. The van der Waals surface area contributed by atoms with Crippen molar-refractivity contribution < 1.29 is 13.2 Å². The number of aliphatic imine (C=N–C) groups is 1. The molecule has 0 amide bonds. The first-order valence-corrected chi connectivity index (χ1v) is 13.5. The zero-order valence-corrected chi connectivity index (χ0v) is 21.8. The zero-order chi connectivity index (χ0) is 20.2. The second kappa shape index (κ2) is 15.1. The van der Waals surface area contributed by atoms with Gasteiger partial charge in [0.25, 0.3) is 0 Å². The Morgan fingerprint density at radius 2 is 2.00 bits per heavy atom. The van der Waals surface area contributed by atoms with Crippen LogP contribution in [0, 0.1) is 0 Å². The van der Waals surface area contributed by atoms with Crippen LogP contribution in [-0.2, 0) is 14.8 Å². The van der Waals surface area contributed by atoms with Crippen molar-refractivity contribution in [3.63, 3.8) is 0 Å². The van der Waals surface area contributed by atoms with Crippen LogP contribution in [-0.4, -0.2) is 69.5 Å². The molecular formula is C19H39IN4O3S2. The molecule has 1 saturated carbocycles. The molecule has 2 aliphatic rings. The van der Waals surface area contributed by atoms with Crippen molar-refractivity contribution in [2.45, 2.75) is 76.2 Å². The summed E-state index contributed by atoms with van der Waals surface area (Å²) in [7, 11) is -3.34. The number of sulfonamides is 1. The Balaban J connectivity index is 0.00000420. The molecule has 7 nitrogen and oxygen atoms in total. The minimum atomic E-state index is -3.34. The Morgan fingerprint density at radius 3 is 2.69 bits per heavy atom. The summed E-state index contributed by atoms with van der Waals surface area (Å²) in [5.41, 5.74) is 0. The molecule has 0 aromatic carbocycles. The smallest absolute Gasteiger partial charge is 0.213 e. The molecular weight excluding hydrogens is 523 g/mol. The van der Waals surface area contributed by atoms with Crippen molar-refractivity contribution in [3.05, 3.63) is 0 Å². The fourth-order valence-corrected chi connectivity index (χ4v) is 5.80. The maximum atomic E-state index is 12.2. The van der Waals surface area contributed by atoms with Gasteiger partial charge in [-0.15, -0.1) is 24.0 Å². The van der Waals surface area contributed by atoms with Gasteiger partial charge < -0.3 is 15.4 Å². The van der Waals surface area contributed by atoms with Crippen molar-refractivity contribution >= 4 is 51.7 Å². The molecule has 3 N–H and O–H groups in total. The van der Waals surface area contributed by atoms with Gasteiger partial charge in [-0.3, -0.25) is 4.99 Å². The Labute approximate surface area is 198 Å². The third-order valence-electron chi connectivity index (χ3n) is 5.15.